The molecule has 2 aromatic rings. The Balaban J connectivity index is 1.89. The number of rotatable bonds is 9. The molecule has 1 aliphatic heterocycles. The number of thioether (sulfide) groups is 1. The Labute approximate surface area is 199 Å². The zero-order valence-electron chi connectivity index (χ0n) is 19.2. The molecule has 0 spiro atoms. The number of carbonyl (C=O) groups excluding carboxylic acids is 1. The Bertz CT molecular complexity index is 1170. The molecule has 0 saturated carbocycles. The van der Waals surface area contributed by atoms with Gasteiger partial charge in [0.05, 0.1) is 23.5 Å². The van der Waals surface area contributed by atoms with Gasteiger partial charge in [-0.3, -0.25) is 9.69 Å². The molecule has 0 aromatic heterocycles. The van der Waals surface area contributed by atoms with E-state index in [1.807, 2.05) is 13.0 Å². The van der Waals surface area contributed by atoms with Crippen LogP contribution in [-0.4, -0.2) is 44.7 Å². The van der Waals surface area contributed by atoms with Crippen LogP contribution in [-0.2, 0) is 14.8 Å². The highest BCUT2D eigenvalue weighted by Gasteiger charge is 2.34. The minimum Gasteiger partial charge on any atom is -0.493 e. The van der Waals surface area contributed by atoms with Gasteiger partial charge in [-0.15, -0.1) is 4.40 Å². The molecule has 1 aliphatic rings. The van der Waals surface area contributed by atoms with Crippen LogP contribution < -0.4 is 9.47 Å². The maximum Gasteiger partial charge on any atom is 0.284 e. The summed E-state index contributed by atoms with van der Waals surface area (Å²) in [6, 6.07) is 11.9. The van der Waals surface area contributed by atoms with Crippen LogP contribution in [0.4, 0.5) is 0 Å². The monoisotopic (exact) mass is 488 g/mol. The van der Waals surface area contributed by atoms with Gasteiger partial charge < -0.3 is 9.47 Å². The average molecular weight is 489 g/mol. The first-order valence-electron chi connectivity index (χ1n) is 10.7. The number of carbonyl (C=O) groups is 1. The summed E-state index contributed by atoms with van der Waals surface area (Å²) in [6.45, 7) is 6.65. The van der Waals surface area contributed by atoms with E-state index in [0.717, 1.165) is 35.7 Å². The van der Waals surface area contributed by atoms with E-state index in [9.17, 15) is 13.2 Å². The van der Waals surface area contributed by atoms with Crippen LogP contribution >= 0.6 is 11.8 Å². The molecule has 1 saturated heterocycles. The second-order valence-corrected chi connectivity index (χ2v) is 10.0. The summed E-state index contributed by atoms with van der Waals surface area (Å²) in [4.78, 5) is 14.8. The molecule has 0 N–H and O–H groups in total. The van der Waals surface area contributed by atoms with Gasteiger partial charge in [0.15, 0.2) is 16.7 Å². The smallest absolute Gasteiger partial charge is 0.284 e. The number of hydrogen-bond donors (Lipinski definition) is 0. The lowest BCUT2D eigenvalue weighted by molar-refractivity contribution is -0.122. The highest BCUT2D eigenvalue weighted by Crippen LogP contribution is 2.35. The predicted octanol–water partition coefficient (Wildman–Crippen LogP) is 4.86. The molecule has 7 nitrogen and oxygen atoms in total. The largest absolute Gasteiger partial charge is 0.493 e. The highest BCUT2D eigenvalue weighted by molar-refractivity contribution is 8.19. The fraction of sp³-hybridized carbons (Fsp3) is 0.333. The summed E-state index contributed by atoms with van der Waals surface area (Å²) in [5.74, 6) is 0.918. The molecule has 2 aromatic carbocycles. The van der Waals surface area contributed by atoms with Crippen LogP contribution in [0.3, 0.4) is 0 Å². The zero-order valence-corrected chi connectivity index (χ0v) is 20.8. The van der Waals surface area contributed by atoms with E-state index >= 15 is 0 Å². The third-order valence-electron chi connectivity index (χ3n) is 4.96. The number of unbranched alkanes of at least 4 members (excludes halogenated alkanes) is 1. The van der Waals surface area contributed by atoms with Gasteiger partial charge in [0.25, 0.3) is 15.9 Å². The Hall–Kier alpha value is -2.78. The number of nitrogens with zero attached hydrogens (tertiary/aromatic N) is 2. The first kappa shape index (κ1) is 24.9. The Kier molecular flexibility index (Phi) is 8.20. The normalized spacial score (nSPS) is 16.6. The molecular weight excluding hydrogens is 460 g/mol. The van der Waals surface area contributed by atoms with Gasteiger partial charge in [-0.05, 0) is 67.9 Å². The third-order valence-corrected chi connectivity index (χ3v) is 7.37. The number of hydrogen-bond acceptors (Lipinski definition) is 6. The predicted molar refractivity (Wildman–Crippen MR) is 132 cm³/mol. The number of aryl methyl sites for hydroxylation is 1. The molecule has 33 heavy (non-hydrogen) atoms. The van der Waals surface area contributed by atoms with Gasteiger partial charge in [-0.1, -0.05) is 37.1 Å². The highest BCUT2D eigenvalue weighted by atomic mass is 32.2. The lowest BCUT2D eigenvalue weighted by Crippen LogP contribution is -2.29. The summed E-state index contributed by atoms with van der Waals surface area (Å²) in [5.41, 5.74) is 1.69. The molecule has 3 rings (SSSR count). The molecule has 0 radical (unpaired) electrons. The average Bonchev–Trinajstić information content (AvgIpc) is 3.08. The van der Waals surface area contributed by atoms with Crippen molar-refractivity contribution in [2.45, 2.75) is 38.5 Å². The van der Waals surface area contributed by atoms with Crippen molar-refractivity contribution < 1.29 is 22.7 Å². The Morgan fingerprint density at radius 1 is 1.09 bits per heavy atom. The van der Waals surface area contributed by atoms with Crippen LogP contribution in [0, 0.1) is 6.92 Å². The van der Waals surface area contributed by atoms with Crippen molar-refractivity contribution in [3.8, 4) is 11.5 Å². The SMILES string of the molecule is CCCCOc1ccc(/C=C2\S/C(=N/S(=O)(=O)c3ccc(C)cc3)N(CC)C2=O)cc1OC. The van der Waals surface area contributed by atoms with E-state index in [0.29, 0.717) is 29.6 Å². The molecule has 1 heterocycles. The lowest BCUT2D eigenvalue weighted by Gasteiger charge is -2.12. The van der Waals surface area contributed by atoms with Crippen molar-refractivity contribution in [3.63, 3.8) is 0 Å². The van der Waals surface area contributed by atoms with Crippen LogP contribution in [0.1, 0.15) is 37.8 Å². The van der Waals surface area contributed by atoms with Crippen molar-refractivity contribution in [3.05, 3.63) is 58.5 Å². The number of ether oxygens (including phenoxy) is 2. The molecule has 0 bridgehead atoms. The van der Waals surface area contributed by atoms with Gasteiger partial charge >= 0.3 is 0 Å². The van der Waals surface area contributed by atoms with Crippen LogP contribution in [0.2, 0.25) is 0 Å². The molecule has 0 aliphatic carbocycles. The summed E-state index contributed by atoms with van der Waals surface area (Å²) < 4.78 is 40.7. The van der Waals surface area contributed by atoms with Crippen molar-refractivity contribution >= 4 is 38.9 Å². The summed E-state index contributed by atoms with van der Waals surface area (Å²) >= 11 is 1.04. The van der Waals surface area contributed by atoms with Crippen LogP contribution in [0.25, 0.3) is 6.08 Å². The summed E-state index contributed by atoms with van der Waals surface area (Å²) in [5, 5.41) is 0.140. The van der Waals surface area contributed by atoms with E-state index in [-0.39, 0.29) is 16.0 Å². The number of methoxy groups -OCH3 is 1. The molecule has 9 heteroatoms. The maximum atomic E-state index is 12.9. The molecule has 0 unspecified atom stereocenters. The maximum absolute atomic E-state index is 12.9. The van der Waals surface area contributed by atoms with Crippen molar-refractivity contribution in [2.75, 3.05) is 20.3 Å². The Morgan fingerprint density at radius 3 is 2.45 bits per heavy atom. The van der Waals surface area contributed by atoms with Gasteiger partial charge in [0.1, 0.15) is 0 Å². The van der Waals surface area contributed by atoms with Gasteiger partial charge in [-0.2, -0.15) is 8.42 Å². The van der Waals surface area contributed by atoms with E-state index in [1.165, 1.54) is 17.0 Å². The van der Waals surface area contributed by atoms with E-state index in [4.69, 9.17) is 9.47 Å². The summed E-state index contributed by atoms with van der Waals surface area (Å²) in [6.07, 6.45) is 3.68. The first-order valence-corrected chi connectivity index (χ1v) is 13.0. The van der Waals surface area contributed by atoms with E-state index < -0.39 is 10.0 Å². The number of sulfonamides is 1. The third kappa shape index (κ3) is 5.97. The quantitative estimate of drug-likeness (QED) is 0.370. The van der Waals surface area contributed by atoms with Crippen LogP contribution in [0.15, 0.2) is 56.7 Å². The second kappa shape index (κ2) is 10.9. The van der Waals surface area contributed by atoms with Crippen LogP contribution in [0.5, 0.6) is 11.5 Å². The van der Waals surface area contributed by atoms with E-state index in [1.54, 1.807) is 44.4 Å². The molecule has 1 amide bonds. The number of likely N-dealkylation sites (N-methyl/N-ethyl adjacent to an activating group) is 1. The minimum atomic E-state index is -3.94. The second-order valence-electron chi connectivity index (χ2n) is 7.43. The molecule has 0 atom stereocenters. The minimum absolute atomic E-state index is 0.0885. The lowest BCUT2D eigenvalue weighted by atomic mass is 10.2. The zero-order chi connectivity index (χ0) is 24.0. The van der Waals surface area contributed by atoms with E-state index in [2.05, 4.69) is 11.3 Å². The molecule has 1 fully saturated rings. The topological polar surface area (TPSA) is 85.3 Å². The standard InChI is InChI=1S/C24H28N2O5S2/c1-5-7-14-31-20-13-10-18(15-21(20)30-4)16-22-23(27)26(6-2)24(32-22)25-33(28,29)19-11-8-17(3)9-12-19/h8-13,15-16H,5-7,14H2,1-4H3/b22-16-,25-24+. The first-order chi connectivity index (χ1) is 15.8. The number of amides is 1. The number of benzene rings is 2. The Morgan fingerprint density at radius 2 is 1.82 bits per heavy atom. The fourth-order valence-electron chi connectivity index (χ4n) is 3.09. The van der Waals surface area contributed by atoms with Crippen molar-refractivity contribution in [2.24, 2.45) is 4.40 Å². The fourth-order valence-corrected chi connectivity index (χ4v) is 5.34. The van der Waals surface area contributed by atoms with Gasteiger partial charge in [-0.25, -0.2) is 0 Å². The van der Waals surface area contributed by atoms with Gasteiger partial charge in [0, 0.05) is 6.54 Å². The molecule has 176 valence electrons. The van der Waals surface area contributed by atoms with Crippen molar-refractivity contribution in [1.29, 1.82) is 0 Å². The summed E-state index contributed by atoms with van der Waals surface area (Å²) in [7, 11) is -2.38. The molecular formula is C24H28N2O5S2. The van der Waals surface area contributed by atoms with Gasteiger partial charge in [0.2, 0.25) is 0 Å². The van der Waals surface area contributed by atoms with Crippen molar-refractivity contribution in [1.82, 2.24) is 4.90 Å². The number of amidine groups is 1.